The molecular weight excluding hydrogens is 263 g/mol. The molecule has 20 heavy (non-hydrogen) atoms. The number of hydrogen-bond acceptors (Lipinski definition) is 3. The first kappa shape index (κ1) is 13.6. The van der Waals surface area contributed by atoms with Gasteiger partial charge in [0.1, 0.15) is 11.4 Å². The summed E-state index contributed by atoms with van der Waals surface area (Å²) in [6.07, 6.45) is 0. The molecule has 0 bridgehead atoms. The smallest absolute Gasteiger partial charge is 0.332 e. The highest BCUT2D eigenvalue weighted by Crippen LogP contribution is 2.26. The molecule has 0 radical (unpaired) electrons. The lowest BCUT2D eigenvalue weighted by molar-refractivity contribution is 0.414. The summed E-state index contributed by atoms with van der Waals surface area (Å²) in [5.41, 5.74) is -2.02. The predicted molar refractivity (Wildman–Crippen MR) is 71.8 cm³/mol. The second kappa shape index (κ2) is 5.45. The second-order valence-corrected chi connectivity index (χ2v) is 3.95. The Labute approximate surface area is 113 Å². The van der Waals surface area contributed by atoms with Gasteiger partial charge in [-0.25, -0.2) is 9.18 Å². The van der Waals surface area contributed by atoms with E-state index in [1.54, 1.807) is 6.92 Å². The molecule has 1 heterocycles. The van der Waals surface area contributed by atoms with E-state index in [0.717, 1.165) is 10.6 Å². The van der Waals surface area contributed by atoms with Crippen molar-refractivity contribution < 1.29 is 9.50 Å². The number of hydrogen-bond donors (Lipinski definition) is 2. The van der Waals surface area contributed by atoms with Crippen LogP contribution in [-0.4, -0.2) is 14.7 Å². The molecule has 0 amide bonds. The van der Waals surface area contributed by atoms with Crippen LogP contribution < -0.4 is 11.2 Å². The lowest BCUT2D eigenvalue weighted by Gasteiger charge is -2.09. The molecule has 0 atom stereocenters. The molecule has 2 aromatic rings. The highest BCUT2D eigenvalue weighted by molar-refractivity contribution is 5.67. The van der Waals surface area contributed by atoms with E-state index < -0.39 is 22.9 Å². The number of nitrogens with zero attached hydrogens (tertiary/aromatic N) is 1. The van der Waals surface area contributed by atoms with Crippen LogP contribution in [0.3, 0.4) is 0 Å². The largest absolute Gasteiger partial charge is 0.494 e. The Hall–Kier alpha value is -2.81. The minimum absolute atomic E-state index is 0.0792. The second-order valence-electron chi connectivity index (χ2n) is 3.95. The van der Waals surface area contributed by atoms with Gasteiger partial charge in [-0.2, -0.15) is 0 Å². The summed E-state index contributed by atoms with van der Waals surface area (Å²) in [6.45, 7) is 1.48. The van der Waals surface area contributed by atoms with Gasteiger partial charge in [0.2, 0.25) is 5.88 Å². The first-order valence-corrected chi connectivity index (χ1v) is 5.77. The molecule has 0 aliphatic carbocycles. The zero-order valence-electron chi connectivity index (χ0n) is 10.6. The number of benzene rings is 1. The van der Waals surface area contributed by atoms with Crippen LogP contribution in [0.15, 0.2) is 33.9 Å². The molecule has 0 saturated carbocycles. The summed E-state index contributed by atoms with van der Waals surface area (Å²) in [4.78, 5) is 25.5. The molecule has 0 aliphatic rings. The maximum absolute atomic E-state index is 13.7. The summed E-state index contributed by atoms with van der Waals surface area (Å²) >= 11 is 0. The first-order chi connectivity index (χ1) is 9.56. The van der Waals surface area contributed by atoms with Gasteiger partial charge in [-0.15, -0.1) is 5.92 Å². The Morgan fingerprint density at radius 3 is 2.70 bits per heavy atom. The molecule has 0 spiro atoms. The fraction of sp³-hybridized carbons (Fsp3) is 0.143. The minimum atomic E-state index is -0.849. The normalized spacial score (nSPS) is 9.90. The van der Waals surface area contributed by atoms with Crippen LogP contribution in [0, 0.1) is 17.7 Å². The van der Waals surface area contributed by atoms with Gasteiger partial charge in [-0.1, -0.05) is 24.1 Å². The van der Waals surface area contributed by atoms with Crippen molar-refractivity contribution in [2.45, 2.75) is 13.5 Å². The number of aromatic amines is 1. The summed E-state index contributed by atoms with van der Waals surface area (Å²) < 4.78 is 14.6. The van der Waals surface area contributed by atoms with Gasteiger partial charge >= 0.3 is 5.69 Å². The van der Waals surface area contributed by atoms with E-state index >= 15 is 0 Å². The fourth-order valence-electron chi connectivity index (χ4n) is 1.77. The van der Waals surface area contributed by atoms with Crippen LogP contribution in [0.25, 0.3) is 11.1 Å². The third-order valence-electron chi connectivity index (χ3n) is 2.73. The van der Waals surface area contributed by atoms with Crippen molar-refractivity contribution in [2.24, 2.45) is 0 Å². The maximum Gasteiger partial charge on any atom is 0.332 e. The van der Waals surface area contributed by atoms with Gasteiger partial charge in [0.15, 0.2) is 0 Å². The number of aromatic nitrogens is 2. The first-order valence-electron chi connectivity index (χ1n) is 5.77. The molecule has 1 aromatic carbocycles. The van der Waals surface area contributed by atoms with Gasteiger partial charge in [0, 0.05) is 5.56 Å². The molecule has 0 saturated heterocycles. The minimum Gasteiger partial charge on any atom is -0.494 e. The molecule has 0 unspecified atom stereocenters. The maximum atomic E-state index is 13.7. The van der Waals surface area contributed by atoms with Gasteiger partial charge in [0.05, 0.1) is 6.54 Å². The van der Waals surface area contributed by atoms with Crippen molar-refractivity contribution in [3.63, 3.8) is 0 Å². The number of halogens is 1. The summed E-state index contributed by atoms with van der Waals surface area (Å²) in [6, 6.07) is 5.50. The van der Waals surface area contributed by atoms with Crippen molar-refractivity contribution >= 4 is 0 Å². The highest BCUT2D eigenvalue weighted by Gasteiger charge is 2.18. The average Bonchev–Trinajstić information content (AvgIpc) is 2.40. The predicted octanol–water partition coefficient (Wildman–Crippen LogP) is 1.07. The van der Waals surface area contributed by atoms with Crippen molar-refractivity contribution in [1.29, 1.82) is 0 Å². The fourth-order valence-corrected chi connectivity index (χ4v) is 1.77. The van der Waals surface area contributed by atoms with E-state index in [0.29, 0.717) is 0 Å². The number of rotatable bonds is 2. The highest BCUT2D eigenvalue weighted by atomic mass is 19.1. The lowest BCUT2D eigenvalue weighted by atomic mass is 10.1. The molecular formula is C14H11FN2O3. The number of H-pyrrole nitrogens is 1. The number of aromatic hydroxyl groups is 1. The van der Waals surface area contributed by atoms with Crippen molar-refractivity contribution in [3.05, 3.63) is 50.9 Å². The van der Waals surface area contributed by atoms with Crippen molar-refractivity contribution in [3.8, 4) is 28.8 Å². The van der Waals surface area contributed by atoms with Crippen LogP contribution in [0.5, 0.6) is 5.88 Å². The molecule has 2 N–H and O–H groups in total. The van der Waals surface area contributed by atoms with Gasteiger partial charge in [-0.05, 0) is 13.0 Å². The Kier molecular flexibility index (Phi) is 3.71. The van der Waals surface area contributed by atoms with E-state index in [4.69, 9.17) is 0 Å². The van der Waals surface area contributed by atoms with Gasteiger partial charge in [0.25, 0.3) is 5.56 Å². The SMILES string of the molecule is CC#CCn1c(O)c(-c2ccccc2F)c(=O)[nH]c1=O. The van der Waals surface area contributed by atoms with E-state index in [1.165, 1.54) is 18.2 Å². The van der Waals surface area contributed by atoms with Crippen LogP contribution in [0.1, 0.15) is 6.92 Å². The van der Waals surface area contributed by atoms with Crippen LogP contribution in [0.2, 0.25) is 0 Å². The molecule has 102 valence electrons. The van der Waals surface area contributed by atoms with Gasteiger partial charge in [-0.3, -0.25) is 14.3 Å². The summed E-state index contributed by atoms with van der Waals surface area (Å²) in [5, 5.41) is 10.1. The quantitative estimate of drug-likeness (QED) is 0.804. The summed E-state index contributed by atoms with van der Waals surface area (Å²) in [7, 11) is 0. The van der Waals surface area contributed by atoms with Crippen molar-refractivity contribution in [1.82, 2.24) is 9.55 Å². The van der Waals surface area contributed by atoms with E-state index in [-0.39, 0.29) is 17.7 Å². The third kappa shape index (κ3) is 2.34. The van der Waals surface area contributed by atoms with E-state index in [1.807, 2.05) is 4.98 Å². The topological polar surface area (TPSA) is 75.1 Å². The summed E-state index contributed by atoms with van der Waals surface area (Å²) in [5.74, 6) is 3.89. The van der Waals surface area contributed by atoms with E-state index in [2.05, 4.69) is 11.8 Å². The third-order valence-corrected chi connectivity index (χ3v) is 2.73. The zero-order chi connectivity index (χ0) is 14.7. The Morgan fingerprint density at radius 1 is 1.35 bits per heavy atom. The monoisotopic (exact) mass is 274 g/mol. The molecule has 6 heteroatoms. The van der Waals surface area contributed by atoms with Crippen LogP contribution in [-0.2, 0) is 6.54 Å². The molecule has 0 fully saturated rings. The number of nitrogens with one attached hydrogen (secondary N) is 1. The Morgan fingerprint density at radius 2 is 2.05 bits per heavy atom. The zero-order valence-corrected chi connectivity index (χ0v) is 10.6. The molecule has 1 aromatic heterocycles. The molecule has 2 rings (SSSR count). The standard InChI is InChI=1S/C14H11FN2O3/c1-2-3-8-17-13(19)11(12(18)16-14(17)20)9-6-4-5-7-10(9)15/h4-7,19H,8H2,1H3,(H,16,18,20). The molecule has 0 aliphatic heterocycles. The molecule has 5 nitrogen and oxygen atoms in total. The van der Waals surface area contributed by atoms with Gasteiger partial charge < -0.3 is 5.11 Å². The average molecular weight is 274 g/mol. The van der Waals surface area contributed by atoms with Crippen molar-refractivity contribution in [2.75, 3.05) is 0 Å². The Bertz CT molecular complexity index is 825. The van der Waals surface area contributed by atoms with Crippen LogP contribution in [0.4, 0.5) is 4.39 Å². The van der Waals surface area contributed by atoms with Crippen LogP contribution >= 0.6 is 0 Å². The lowest BCUT2D eigenvalue weighted by Crippen LogP contribution is -2.31. The van der Waals surface area contributed by atoms with E-state index in [9.17, 15) is 19.1 Å². The Balaban J connectivity index is 2.77.